The molecule has 2 heterocycles. The second kappa shape index (κ2) is 5.43. The van der Waals surface area contributed by atoms with Gasteiger partial charge in [0.25, 0.3) is 0 Å². The van der Waals surface area contributed by atoms with Crippen molar-refractivity contribution >= 4 is 11.3 Å². The molecular formula is C14H18N2S. The predicted octanol–water partition coefficient (Wildman–Crippen LogP) is 3.39. The molecule has 0 saturated carbocycles. The minimum absolute atomic E-state index is 0.107. The summed E-state index contributed by atoms with van der Waals surface area (Å²) in [6.45, 7) is 4.03. The maximum atomic E-state index is 6.22. The molecule has 90 valence electrons. The van der Waals surface area contributed by atoms with Crippen LogP contribution in [0.3, 0.4) is 0 Å². The van der Waals surface area contributed by atoms with Gasteiger partial charge in [-0.3, -0.25) is 4.98 Å². The molecule has 1 atom stereocenters. The van der Waals surface area contributed by atoms with E-state index in [1.807, 2.05) is 13.8 Å². The third-order valence-electron chi connectivity index (χ3n) is 2.86. The molecule has 3 heteroatoms. The fraction of sp³-hybridized carbons (Fsp3) is 0.357. The Balaban J connectivity index is 2.01. The molecule has 2 aromatic heterocycles. The van der Waals surface area contributed by atoms with Gasteiger partial charge in [-0.25, -0.2) is 0 Å². The van der Waals surface area contributed by atoms with Gasteiger partial charge in [0.15, 0.2) is 0 Å². The normalized spacial score (nSPS) is 12.6. The summed E-state index contributed by atoms with van der Waals surface area (Å²) >= 11 is 1.74. The summed E-state index contributed by atoms with van der Waals surface area (Å²) in [6.07, 6.45) is 2.03. The van der Waals surface area contributed by atoms with Crippen LogP contribution in [0, 0.1) is 13.8 Å². The Morgan fingerprint density at radius 3 is 2.59 bits per heavy atom. The van der Waals surface area contributed by atoms with Crippen molar-refractivity contribution in [1.82, 2.24) is 4.98 Å². The third kappa shape index (κ3) is 3.38. The van der Waals surface area contributed by atoms with Gasteiger partial charge in [-0.15, -0.1) is 0 Å². The van der Waals surface area contributed by atoms with Crippen molar-refractivity contribution in [3.05, 3.63) is 51.5 Å². The lowest BCUT2D eigenvalue weighted by atomic mass is 10.0. The predicted molar refractivity (Wildman–Crippen MR) is 73.3 cm³/mol. The van der Waals surface area contributed by atoms with Crippen molar-refractivity contribution in [1.29, 1.82) is 0 Å². The van der Waals surface area contributed by atoms with E-state index in [-0.39, 0.29) is 6.04 Å². The highest BCUT2D eigenvalue weighted by molar-refractivity contribution is 7.07. The molecule has 0 saturated heterocycles. The highest BCUT2D eigenvalue weighted by Gasteiger charge is 2.08. The first-order valence-electron chi connectivity index (χ1n) is 5.87. The number of nitrogens with two attached hydrogens (primary N) is 1. The SMILES string of the molecule is Cc1cc(C(N)CCc2ccsc2)cc(C)n1. The molecule has 2 nitrogen and oxygen atoms in total. The van der Waals surface area contributed by atoms with E-state index in [4.69, 9.17) is 5.73 Å². The van der Waals surface area contributed by atoms with Crippen LogP contribution in [0.1, 0.15) is 35.0 Å². The molecule has 0 fully saturated rings. The Hall–Kier alpha value is -1.19. The maximum absolute atomic E-state index is 6.22. The van der Waals surface area contributed by atoms with Gasteiger partial charge in [0.05, 0.1) is 0 Å². The molecule has 2 rings (SSSR count). The van der Waals surface area contributed by atoms with Gasteiger partial charge in [-0.2, -0.15) is 11.3 Å². The fourth-order valence-corrected chi connectivity index (χ4v) is 2.71. The van der Waals surface area contributed by atoms with Crippen LogP contribution in [0.25, 0.3) is 0 Å². The summed E-state index contributed by atoms with van der Waals surface area (Å²) in [5, 5.41) is 4.30. The summed E-state index contributed by atoms with van der Waals surface area (Å²) in [6, 6.07) is 6.45. The molecule has 2 N–H and O–H groups in total. The third-order valence-corrected chi connectivity index (χ3v) is 3.59. The molecule has 2 aromatic rings. The lowest BCUT2D eigenvalue weighted by Gasteiger charge is -2.12. The smallest absolute Gasteiger partial charge is 0.0379 e. The van der Waals surface area contributed by atoms with Gasteiger partial charge in [0.2, 0.25) is 0 Å². The van der Waals surface area contributed by atoms with E-state index in [1.165, 1.54) is 11.1 Å². The molecule has 0 aliphatic carbocycles. The zero-order valence-corrected chi connectivity index (χ0v) is 11.1. The highest BCUT2D eigenvalue weighted by Crippen LogP contribution is 2.19. The molecule has 0 spiro atoms. The number of pyridine rings is 1. The van der Waals surface area contributed by atoms with Crippen LogP contribution in [0.4, 0.5) is 0 Å². The summed E-state index contributed by atoms with van der Waals surface area (Å²) < 4.78 is 0. The molecule has 0 bridgehead atoms. The first-order valence-corrected chi connectivity index (χ1v) is 6.81. The number of nitrogens with zero attached hydrogens (tertiary/aromatic N) is 1. The first-order chi connectivity index (χ1) is 8.15. The van der Waals surface area contributed by atoms with Crippen molar-refractivity contribution in [3.8, 4) is 0 Å². The van der Waals surface area contributed by atoms with Crippen molar-refractivity contribution in [3.63, 3.8) is 0 Å². The van der Waals surface area contributed by atoms with Crippen LogP contribution in [0.2, 0.25) is 0 Å². The summed E-state index contributed by atoms with van der Waals surface area (Å²) in [5.41, 5.74) is 10.9. The minimum Gasteiger partial charge on any atom is -0.324 e. The number of rotatable bonds is 4. The lowest BCUT2D eigenvalue weighted by molar-refractivity contribution is 0.649. The average molecular weight is 246 g/mol. The van der Waals surface area contributed by atoms with Gasteiger partial charge in [0.1, 0.15) is 0 Å². The monoisotopic (exact) mass is 246 g/mol. The highest BCUT2D eigenvalue weighted by atomic mass is 32.1. The Morgan fingerprint density at radius 2 is 2.00 bits per heavy atom. The van der Waals surface area contributed by atoms with Gasteiger partial charge in [-0.1, -0.05) is 0 Å². The fourth-order valence-electron chi connectivity index (χ4n) is 2.00. The summed E-state index contributed by atoms with van der Waals surface area (Å²) in [4.78, 5) is 4.37. The van der Waals surface area contributed by atoms with Gasteiger partial charge >= 0.3 is 0 Å². The molecule has 0 aromatic carbocycles. The van der Waals surface area contributed by atoms with Crippen molar-refractivity contribution in [2.45, 2.75) is 32.7 Å². The Kier molecular flexibility index (Phi) is 3.92. The number of hydrogen-bond acceptors (Lipinski definition) is 3. The number of aromatic nitrogens is 1. The second-order valence-corrected chi connectivity index (χ2v) is 5.24. The number of thiophene rings is 1. The lowest BCUT2D eigenvalue weighted by Crippen LogP contribution is -2.12. The van der Waals surface area contributed by atoms with Crippen LogP contribution in [-0.2, 0) is 6.42 Å². The summed E-state index contributed by atoms with van der Waals surface area (Å²) in [7, 11) is 0. The Morgan fingerprint density at radius 1 is 1.29 bits per heavy atom. The van der Waals surface area contributed by atoms with E-state index in [9.17, 15) is 0 Å². The molecule has 0 amide bonds. The molecular weight excluding hydrogens is 228 g/mol. The van der Waals surface area contributed by atoms with Crippen LogP contribution < -0.4 is 5.73 Å². The Labute approximate surface area is 107 Å². The molecule has 17 heavy (non-hydrogen) atoms. The van der Waals surface area contributed by atoms with E-state index in [1.54, 1.807) is 11.3 Å². The van der Waals surface area contributed by atoms with Crippen molar-refractivity contribution in [2.75, 3.05) is 0 Å². The van der Waals surface area contributed by atoms with Crippen LogP contribution in [-0.4, -0.2) is 4.98 Å². The molecule has 0 aliphatic rings. The maximum Gasteiger partial charge on any atom is 0.0379 e. The summed E-state index contributed by atoms with van der Waals surface area (Å²) in [5.74, 6) is 0. The minimum atomic E-state index is 0.107. The average Bonchev–Trinajstić information content (AvgIpc) is 2.77. The molecule has 0 aliphatic heterocycles. The molecule has 1 unspecified atom stereocenters. The van der Waals surface area contributed by atoms with Crippen molar-refractivity contribution < 1.29 is 0 Å². The van der Waals surface area contributed by atoms with Crippen molar-refractivity contribution in [2.24, 2.45) is 5.73 Å². The van der Waals surface area contributed by atoms with Crippen LogP contribution >= 0.6 is 11.3 Å². The van der Waals surface area contributed by atoms with Gasteiger partial charge < -0.3 is 5.73 Å². The van der Waals surface area contributed by atoms with Crippen LogP contribution in [0.15, 0.2) is 29.0 Å². The van der Waals surface area contributed by atoms with E-state index >= 15 is 0 Å². The van der Waals surface area contributed by atoms with E-state index in [0.29, 0.717) is 0 Å². The number of aryl methyl sites for hydroxylation is 3. The standard InChI is InChI=1S/C14H18N2S/c1-10-7-13(8-11(2)16-10)14(15)4-3-12-5-6-17-9-12/h5-9,14H,3-4,15H2,1-2H3. The van der Waals surface area contributed by atoms with E-state index < -0.39 is 0 Å². The first kappa shape index (κ1) is 12.3. The second-order valence-electron chi connectivity index (χ2n) is 4.46. The van der Waals surface area contributed by atoms with Crippen LogP contribution in [0.5, 0.6) is 0 Å². The molecule has 0 radical (unpaired) electrons. The number of hydrogen-bond donors (Lipinski definition) is 1. The zero-order chi connectivity index (χ0) is 12.3. The van der Waals surface area contributed by atoms with Gasteiger partial charge in [0, 0.05) is 17.4 Å². The van der Waals surface area contributed by atoms with Gasteiger partial charge in [-0.05, 0) is 66.8 Å². The Bertz CT molecular complexity index is 457. The van der Waals surface area contributed by atoms with E-state index in [2.05, 4.69) is 33.9 Å². The zero-order valence-electron chi connectivity index (χ0n) is 10.3. The quantitative estimate of drug-likeness (QED) is 0.898. The van der Waals surface area contributed by atoms with E-state index in [0.717, 1.165) is 24.2 Å². The topological polar surface area (TPSA) is 38.9 Å². The largest absolute Gasteiger partial charge is 0.324 e.